The first-order valence-electron chi connectivity index (χ1n) is 13.5. The number of benzene rings is 1. The largest absolute Gasteiger partial charge is 0.450 e. The molecule has 3 heterocycles. The van der Waals surface area contributed by atoms with Crippen molar-refractivity contribution in [2.24, 2.45) is 0 Å². The van der Waals surface area contributed by atoms with Gasteiger partial charge in [0.05, 0.1) is 35.1 Å². The van der Waals surface area contributed by atoms with Crippen LogP contribution in [0.25, 0.3) is 11.1 Å². The molecule has 0 bridgehead atoms. The molecule has 0 spiro atoms. The van der Waals surface area contributed by atoms with Crippen molar-refractivity contribution in [2.45, 2.75) is 51.6 Å². The summed E-state index contributed by atoms with van der Waals surface area (Å²) in [4.78, 5) is 36.5. The van der Waals surface area contributed by atoms with E-state index in [-0.39, 0.29) is 34.6 Å². The van der Waals surface area contributed by atoms with Crippen LogP contribution in [0.4, 0.5) is 19.3 Å². The van der Waals surface area contributed by atoms with Gasteiger partial charge >= 0.3 is 6.09 Å². The molecular weight excluding hydrogens is 530 g/mol. The van der Waals surface area contributed by atoms with Gasteiger partial charge in [-0.05, 0) is 56.5 Å². The molecule has 1 saturated heterocycles. The fraction of sp³-hybridized carbons (Fsp3) is 0.367. The van der Waals surface area contributed by atoms with Crippen molar-refractivity contribution in [3.8, 4) is 17.2 Å². The molecule has 214 valence electrons. The quantitative estimate of drug-likeness (QED) is 0.341. The van der Waals surface area contributed by atoms with E-state index in [1.807, 2.05) is 30.9 Å². The third-order valence-electron chi connectivity index (χ3n) is 6.96. The molecule has 0 saturated carbocycles. The van der Waals surface area contributed by atoms with Crippen LogP contribution in [-0.2, 0) is 4.74 Å². The molecule has 1 fully saturated rings. The first-order valence-corrected chi connectivity index (χ1v) is 13.5. The van der Waals surface area contributed by atoms with Crippen LogP contribution in [0.2, 0.25) is 0 Å². The molecule has 3 aromatic rings. The molecule has 2 amide bonds. The summed E-state index contributed by atoms with van der Waals surface area (Å²) in [7, 11) is 0. The Morgan fingerprint density at radius 2 is 1.98 bits per heavy atom. The zero-order valence-electron chi connectivity index (χ0n) is 23.2. The molecule has 1 aliphatic rings. The van der Waals surface area contributed by atoms with E-state index in [0.29, 0.717) is 25.3 Å². The van der Waals surface area contributed by atoms with Crippen molar-refractivity contribution < 1.29 is 23.1 Å². The van der Waals surface area contributed by atoms with Gasteiger partial charge < -0.3 is 20.3 Å². The van der Waals surface area contributed by atoms with Crippen LogP contribution in [0.5, 0.6) is 0 Å². The zero-order valence-corrected chi connectivity index (χ0v) is 23.2. The van der Waals surface area contributed by atoms with E-state index < -0.39 is 35.2 Å². The molecule has 2 aromatic heterocycles. The Balaban J connectivity index is 1.76. The average Bonchev–Trinajstić information content (AvgIpc) is 3.33. The Morgan fingerprint density at radius 3 is 2.63 bits per heavy atom. The smallest absolute Gasteiger partial charge is 0.407 e. The maximum atomic E-state index is 14.4. The normalized spacial score (nSPS) is 17.0. The lowest BCUT2D eigenvalue weighted by molar-refractivity contribution is 0.0939. The topological polar surface area (TPSA) is 120 Å². The summed E-state index contributed by atoms with van der Waals surface area (Å²) in [5.74, 6) is -2.18. The van der Waals surface area contributed by atoms with Crippen LogP contribution in [0.1, 0.15) is 67.8 Å². The number of hydrogen-bond donors (Lipinski definition) is 2. The van der Waals surface area contributed by atoms with Crippen molar-refractivity contribution in [1.82, 2.24) is 20.6 Å². The van der Waals surface area contributed by atoms with Gasteiger partial charge in [-0.25, -0.2) is 18.6 Å². The van der Waals surface area contributed by atoms with E-state index in [0.717, 1.165) is 31.0 Å². The molecule has 9 nitrogen and oxygen atoms in total. The Kier molecular flexibility index (Phi) is 9.12. The number of nitriles is 1. The highest BCUT2D eigenvalue weighted by Crippen LogP contribution is 2.40. The third kappa shape index (κ3) is 6.95. The van der Waals surface area contributed by atoms with Gasteiger partial charge in [-0.15, -0.1) is 0 Å². The van der Waals surface area contributed by atoms with E-state index in [2.05, 4.69) is 20.6 Å². The molecule has 0 unspecified atom stereocenters. The summed E-state index contributed by atoms with van der Waals surface area (Å²) in [5.41, 5.74) is 0.390. The number of unbranched alkanes of at least 4 members (excludes halogenated alkanes) is 1. The van der Waals surface area contributed by atoms with Crippen molar-refractivity contribution in [1.29, 1.82) is 5.26 Å². The summed E-state index contributed by atoms with van der Waals surface area (Å²) < 4.78 is 34.0. The fourth-order valence-corrected chi connectivity index (χ4v) is 4.88. The van der Waals surface area contributed by atoms with Gasteiger partial charge in [-0.2, -0.15) is 5.26 Å². The SMILES string of the molecule is CCCCOC(=O)N[C@@]1(C)CCN(c2c(C(=O)N[C@@H](C)c3ccccn3)cnc(C#N)c2-c2cc(F)cc(F)c2)C1. The number of rotatable bonds is 9. The maximum Gasteiger partial charge on any atom is 0.407 e. The lowest BCUT2D eigenvalue weighted by atomic mass is 9.97. The molecule has 41 heavy (non-hydrogen) atoms. The van der Waals surface area contributed by atoms with Gasteiger partial charge in [0, 0.05) is 37.1 Å². The molecule has 11 heteroatoms. The second kappa shape index (κ2) is 12.7. The highest BCUT2D eigenvalue weighted by atomic mass is 19.1. The predicted molar refractivity (Wildman–Crippen MR) is 149 cm³/mol. The lowest BCUT2D eigenvalue weighted by Gasteiger charge is -2.29. The monoisotopic (exact) mass is 562 g/mol. The second-order valence-corrected chi connectivity index (χ2v) is 10.3. The zero-order chi connectivity index (χ0) is 29.6. The van der Waals surface area contributed by atoms with E-state index in [9.17, 15) is 23.6 Å². The van der Waals surface area contributed by atoms with Gasteiger partial charge in [-0.3, -0.25) is 9.78 Å². The number of amides is 2. The minimum Gasteiger partial charge on any atom is -0.450 e. The Labute approximate surface area is 237 Å². The number of carbonyl (C=O) groups is 2. The molecule has 1 aliphatic heterocycles. The number of ether oxygens (including phenoxy) is 1. The summed E-state index contributed by atoms with van der Waals surface area (Å²) >= 11 is 0. The average molecular weight is 563 g/mol. The summed E-state index contributed by atoms with van der Waals surface area (Å²) in [6.07, 6.45) is 4.47. The maximum absolute atomic E-state index is 14.4. The van der Waals surface area contributed by atoms with Crippen LogP contribution in [0, 0.1) is 23.0 Å². The summed E-state index contributed by atoms with van der Waals surface area (Å²) in [6, 6.07) is 9.81. The van der Waals surface area contributed by atoms with Gasteiger partial charge in [0.15, 0.2) is 0 Å². The van der Waals surface area contributed by atoms with Crippen LogP contribution in [0.15, 0.2) is 48.8 Å². The third-order valence-corrected chi connectivity index (χ3v) is 6.96. The minimum atomic E-state index is -0.837. The van der Waals surface area contributed by atoms with Crippen molar-refractivity contribution in [3.05, 3.63) is 77.4 Å². The number of aromatic nitrogens is 2. The number of halogens is 2. The van der Waals surface area contributed by atoms with Gasteiger partial charge in [-0.1, -0.05) is 19.4 Å². The van der Waals surface area contributed by atoms with Gasteiger partial charge in [0.1, 0.15) is 23.4 Å². The Bertz CT molecular complexity index is 1440. The number of pyridine rings is 2. The first-order chi connectivity index (χ1) is 19.6. The number of carbonyl (C=O) groups excluding carboxylic acids is 2. The number of nitrogens with one attached hydrogen (secondary N) is 2. The molecule has 0 radical (unpaired) electrons. The molecule has 2 atom stereocenters. The van der Waals surface area contributed by atoms with E-state index in [1.54, 1.807) is 25.3 Å². The van der Waals surface area contributed by atoms with Crippen LogP contribution < -0.4 is 15.5 Å². The van der Waals surface area contributed by atoms with Gasteiger partial charge in [0.2, 0.25) is 0 Å². The number of alkyl carbamates (subject to hydrolysis) is 1. The van der Waals surface area contributed by atoms with Crippen molar-refractivity contribution in [2.75, 3.05) is 24.6 Å². The summed E-state index contributed by atoms with van der Waals surface area (Å²) in [5, 5.41) is 15.8. The lowest BCUT2D eigenvalue weighted by Crippen LogP contribution is -2.48. The van der Waals surface area contributed by atoms with Crippen molar-refractivity contribution >= 4 is 17.7 Å². The van der Waals surface area contributed by atoms with Crippen LogP contribution >= 0.6 is 0 Å². The van der Waals surface area contributed by atoms with Crippen LogP contribution in [-0.4, -0.2) is 47.2 Å². The standard InChI is InChI=1S/C30H32F2N6O3/c1-4-5-12-41-29(40)37-30(3)9-11-38(18-30)27-23(28(39)36-19(2)24-8-6-7-10-34-24)17-35-25(16-33)26(27)20-13-21(31)15-22(32)14-20/h6-8,10,13-15,17,19H,4-5,9,11-12,18H2,1-3H3,(H,36,39)(H,37,40)/t19-,30-/m0/s1. The molecule has 1 aromatic carbocycles. The summed E-state index contributed by atoms with van der Waals surface area (Å²) in [6.45, 7) is 6.54. The number of anilines is 1. The second-order valence-electron chi connectivity index (χ2n) is 10.3. The minimum absolute atomic E-state index is 0.0644. The Hall–Kier alpha value is -4.59. The molecule has 0 aliphatic carbocycles. The van der Waals surface area contributed by atoms with E-state index in [4.69, 9.17) is 4.74 Å². The first kappa shape index (κ1) is 29.4. The van der Waals surface area contributed by atoms with E-state index in [1.165, 1.54) is 6.20 Å². The molecular formula is C30H32F2N6O3. The van der Waals surface area contributed by atoms with E-state index >= 15 is 0 Å². The highest BCUT2D eigenvalue weighted by molar-refractivity contribution is 6.04. The highest BCUT2D eigenvalue weighted by Gasteiger charge is 2.39. The molecule has 4 rings (SSSR count). The van der Waals surface area contributed by atoms with Gasteiger partial charge in [0.25, 0.3) is 5.91 Å². The van der Waals surface area contributed by atoms with Crippen LogP contribution in [0.3, 0.4) is 0 Å². The predicted octanol–water partition coefficient (Wildman–Crippen LogP) is 5.28. The number of nitrogens with zero attached hydrogens (tertiary/aromatic N) is 4. The fourth-order valence-electron chi connectivity index (χ4n) is 4.88. The molecule has 2 N–H and O–H groups in total. The Morgan fingerprint density at radius 1 is 1.22 bits per heavy atom. The van der Waals surface area contributed by atoms with Crippen molar-refractivity contribution in [3.63, 3.8) is 0 Å². The number of hydrogen-bond acceptors (Lipinski definition) is 7.